The summed E-state index contributed by atoms with van der Waals surface area (Å²) in [6, 6.07) is 10.2. The molecule has 0 saturated carbocycles. The smallest absolute Gasteiger partial charge is 0.147 e. The van der Waals surface area contributed by atoms with Crippen molar-refractivity contribution in [3.63, 3.8) is 0 Å². The van der Waals surface area contributed by atoms with Gasteiger partial charge < -0.3 is 5.73 Å². The summed E-state index contributed by atoms with van der Waals surface area (Å²) in [5, 5.41) is 0. The molecule has 0 saturated heterocycles. The summed E-state index contributed by atoms with van der Waals surface area (Å²) in [6.45, 7) is 0.610. The Morgan fingerprint density at radius 1 is 1.24 bits per heavy atom. The van der Waals surface area contributed by atoms with E-state index >= 15 is 0 Å². The normalized spacial score (nSPS) is 13.5. The van der Waals surface area contributed by atoms with E-state index in [1.165, 1.54) is 11.8 Å². The summed E-state index contributed by atoms with van der Waals surface area (Å²) in [5.74, 6) is 0.636. The summed E-state index contributed by atoms with van der Waals surface area (Å²) in [4.78, 5) is 0. The lowest BCUT2D eigenvalue weighted by Gasteiger charge is -2.14. The molecular weight excluding hydrogens is 234 g/mol. The zero-order valence-electron chi connectivity index (χ0n) is 10.3. The van der Waals surface area contributed by atoms with Crippen molar-refractivity contribution >= 4 is 9.84 Å². The molecule has 0 aliphatic heterocycles. The van der Waals surface area contributed by atoms with Crippen molar-refractivity contribution in [2.24, 2.45) is 11.7 Å². The van der Waals surface area contributed by atoms with Gasteiger partial charge in [0.2, 0.25) is 0 Å². The largest absolute Gasteiger partial charge is 0.330 e. The van der Waals surface area contributed by atoms with E-state index in [1.54, 1.807) is 0 Å². The number of rotatable bonds is 7. The summed E-state index contributed by atoms with van der Waals surface area (Å²) in [7, 11) is -2.84. The molecule has 3 nitrogen and oxygen atoms in total. The van der Waals surface area contributed by atoms with Crippen LogP contribution in [-0.2, 0) is 16.3 Å². The second-order valence-electron chi connectivity index (χ2n) is 4.56. The second kappa shape index (κ2) is 6.77. The monoisotopic (exact) mass is 255 g/mol. The van der Waals surface area contributed by atoms with Crippen LogP contribution in [0.25, 0.3) is 0 Å². The Morgan fingerprint density at radius 2 is 1.88 bits per heavy atom. The fraction of sp³-hybridized carbons (Fsp3) is 0.538. The molecule has 0 heterocycles. The Morgan fingerprint density at radius 3 is 2.41 bits per heavy atom. The maximum Gasteiger partial charge on any atom is 0.147 e. The molecule has 1 atom stereocenters. The predicted molar refractivity (Wildman–Crippen MR) is 71.6 cm³/mol. The van der Waals surface area contributed by atoms with Gasteiger partial charge in [-0.1, -0.05) is 30.3 Å². The average Bonchev–Trinajstić information content (AvgIpc) is 2.27. The minimum atomic E-state index is -2.84. The molecule has 1 aromatic carbocycles. The molecule has 4 heteroatoms. The Kier molecular flexibility index (Phi) is 5.65. The minimum Gasteiger partial charge on any atom is -0.330 e. The molecule has 17 heavy (non-hydrogen) atoms. The maximum atomic E-state index is 11.0. The molecule has 0 aromatic heterocycles. The van der Waals surface area contributed by atoms with E-state index in [2.05, 4.69) is 12.1 Å². The van der Waals surface area contributed by atoms with Gasteiger partial charge >= 0.3 is 0 Å². The zero-order valence-corrected chi connectivity index (χ0v) is 11.1. The molecular formula is C13H21NO2S. The lowest BCUT2D eigenvalue weighted by Crippen LogP contribution is -2.18. The quantitative estimate of drug-likeness (QED) is 0.805. The van der Waals surface area contributed by atoms with Crippen LogP contribution in [0.2, 0.25) is 0 Å². The molecule has 0 bridgehead atoms. The van der Waals surface area contributed by atoms with Gasteiger partial charge in [-0.25, -0.2) is 8.42 Å². The van der Waals surface area contributed by atoms with Gasteiger partial charge in [0.25, 0.3) is 0 Å². The van der Waals surface area contributed by atoms with Crippen molar-refractivity contribution in [3.05, 3.63) is 35.9 Å². The predicted octanol–water partition coefficient (Wildman–Crippen LogP) is 1.63. The molecule has 0 fully saturated rings. The van der Waals surface area contributed by atoms with Crippen LogP contribution in [0.4, 0.5) is 0 Å². The van der Waals surface area contributed by atoms with Gasteiger partial charge in [-0.05, 0) is 37.3 Å². The second-order valence-corrected chi connectivity index (χ2v) is 6.82. The van der Waals surface area contributed by atoms with E-state index < -0.39 is 9.84 Å². The van der Waals surface area contributed by atoms with Crippen LogP contribution in [0.3, 0.4) is 0 Å². The van der Waals surface area contributed by atoms with Crippen LogP contribution in [0, 0.1) is 5.92 Å². The summed E-state index contributed by atoms with van der Waals surface area (Å²) in [5.41, 5.74) is 6.99. The molecule has 0 aliphatic carbocycles. The van der Waals surface area contributed by atoms with Gasteiger partial charge in [-0.3, -0.25) is 0 Å². The highest BCUT2D eigenvalue weighted by Gasteiger charge is 2.09. The van der Waals surface area contributed by atoms with Crippen molar-refractivity contribution in [2.75, 3.05) is 18.6 Å². The van der Waals surface area contributed by atoms with Crippen LogP contribution in [0.1, 0.15) is 18.4 Å². The Bertz CT molecular complexity index is 414. The first kappa shape index (κ1) is 14.2. The van der Waals surface area contributed by atoms with E-state index in [0.717, 1.165) is 12.8 Å². The van der Waals surface area contributed by atoms with Crippen LogP contribution in [0.15, 0.2) is 30.3 Å². The highest BCUT2D eigenvalue weighted by atomic mass is 32.2. The highest BCUT2D eigenvalue weighted by Crippen LogP contribution is 2.13. The van der Waals surface area contributed by atoms with Crippen LogP contribution >= 0.6 is 0 Å². The van der Waals surface area contributed by atoms with Crippen molar-refractivity contribution < 1.29 is 8.42 Å². The van der Waals surface area contributed by atoms with Gasteiger partial charge in [-0.2, -0.15) is 0 Å². The first-order chi connectivity index (χ1) is 8.01. The SMILES string of the molecule is CS(=O)(=O)CCCC(CN)Cc1ccccc1. The topological polar surface area (TPSA) is 60.2 Å². The van der Waals surface area contributed by atoms with Crippen LogP contribution in [-0.4, -0.2) is 27.0 Å². The number of sulfone groups is 1. The molecule has 96 valence electrons. The van der Waals surface area contributed by atoms with Gasteiger partial charge in [0.1, 0.15) is 9.84 Å². The molecule has 1 aromatic rings. The van der Waals surface area contributed by atoms with E-state index in [4.69, 9.17) is 5.73 Å². The average molecular weight is 255 g/mol. The Labute approximate surface area is 104 Å². The van der Waals surface area contributed by atoms with Crippen molar-refractivity contribution in [3.8, 4) is 0 Å². The standard InChI is InChI=1S/C13H21NO2S/c1-17(15,16)9-5-8-13(11-14)10-12-6-3-2-4-7-12/h2-4,6-7,13H,5,8-11,14H2,1H3. The van der Waals surface area contributed by atoms with Gasteiger partial charge in [0.15, 0.2) is 0 Å². The van der Waals surface area contributed by atoms with E-state index in [9.17, 15) is 8.42 Å². The van der Waals surface area contributed by atoms with Crippen LogP contribution in [0.5, 0.6) is 0 Å². The summed E-state index contributed by atoms with van der Waals surface area (Å²) in [6.07, 6.45) is 3.79. The molecule has 1 rings (SSSR count). The number of hydrogen-bond donors (Lipinski definition) is 1. The van der Waals surface area contributed by atoms with Gasteiger partial charge in [0.05, 0.1) is 0 Å². The third kappa shape index (κ3) is 6.44. The maximum absolute atomic E-state index is 11.0. The third-order valence-corrected chi connectivity index (χ3v) is 3.86. The fourth-order valence-corrected chi connectivity index (χ4v) is 2.58. The van der Waals surface area contributed by atoms with Crippen molar-refractivity contribution in [1.29, 1.82) is 0 Å². The van der Waals surface area contributed by atoms with E-state index in [0.29, 0.717) is 18.9 Å². The number of hydrogen-bond acceptors (Lipinski definition) is 3. The van der Waals surface area contributed by atoms with E-state index in [-0.39, 0.29) is 5.75 Å². The minimum absolute atomic E-state index is 0.262. The summed E-state index contributed by atoms with van der Waals surface area (Å²) < 4.78 is 22.1. The molecule has 0 aliphatic rings. The molecule has 0 radical (unpaired) electrons. The zero-order chi connectivity index (χ0) is 12.7. The first-order valence-corrected chi connectivity index (χ1v) is 7.99. The van der Waals surface area contributed by atoms with Crippen molar-refractivity contribution in [2.45, 2.75) is 19.3 Å². The Balaban J connectivity index is 2.39. The molecule has 1 unspecified atom stereocenters. The lowest BCUT2D eigenvalue weighted by atomic mass is 9.95. The van der Waals surface area contributed by atoms with E-state index in [1.807, 2.05) is 18.2 Å². The van der Waals surface area contributed by atoms with Crippen molar-refractivity contribution in [1.82, 2.24) is 0 Å². The number of nitrogens with two attached hydrogens (primary N) is 1. The van der Waals surface area contributed by atoms with Crippen LogP contribution < -0.4 is 5.73 Å². The number of benzene rings is 1. The first-order valence-electron chi connectivity index (χ1n) is 5.93. The fourth-order valence-electron chi connectivity index (χ4n) is 1.88. The molecule has 0 spiro atoms. The molecule has 0 amide bonds. The third-order valence-electron chi connectivity index (χ3n) is 2.83. The highest BCUT2D eigenvalue weighted by molar-refractivity contribution is 7.90. The van der Waals surface area contributed by atoms with Gasteiger partial charge in [0, 0.05) is 12.0 Å². The summed E-state index contributed by atoms with van der Waals surface area (Å²) >= 11 is 0. The lowest BCUT2D eigenvalue weighted by molar-refractivity contribution is 0.486. The van der Waals surface area contributed by atoms with Gasteiger partial charge in [-0.15, -0.1) is 0 Å². The molecule has 2 N–H and O–H groups in total. The Hall–Kier alpha value is -0.870.